The molecule has 0 aromatic rings. The first-order chi connectivity index (χ1) is 4.47. The third-order valence-electron chi connectivity index (χ3n) is 2.11. The lowest BCUT2D eigenvalue weighted by Crippen LogP contribution is -2.40. The van der Waals surface area contributed by atoms with Crippen LogP contribution in [0, 0.1) is 0 Å². The summed E-state index contributed by atoms with van der Waals surface area (Å²) in [7, 11) is -0.922. The van der Waals surface area contributed by atoms with Crippen LogP contribution in [0.3, 0.4) is 0 Å². The summed E-state index contributed by atoms with van der Waals surface area (Å²) in [4.78, 5) is 0. The van der Waals surface area contributed by atoms with Gasteiger partial charge in [0.2, 0.25) is 0 Å². The molecule has 1 heterocycles. The highest BCUT2D eigenvalue weighted by Crippen LogP contribution is 2.21. The molecule has 1 aliphatic heterocycles. The monoisotopic (exact) mass is 163 g/mol. The van der Waals surface area contributed by atoms with E-state index >= 15 is 0 Å². The average Bonchev–Trinajstić information content (AvgIpc) is 2.08. The molecule has 60 valence electrons. The van der Waals surface area contributed by atoms with Crippen molar-refractivity contribution in [1.29, 1.82) is 0 Å². The van der Waals surface area contributed by atoms with Crippen LogP contribution in [0.15, 0.2) is 0 Å². The van der Waals surface area contributed by atoms with Crippen LogP contribution in [-0.2, 0) is 9.84 Å². The average molecular weight is 163 g/mol. The van der Waals surface area contributed by atoms with Crippen LogP contribution in [0.4, 0.5) is 0 Å². The molecule has 3 nitrogen and oxygen atoms in total. The quantitative estimate of drug-likeness (QED) is 0.581. The third-order valence-corrected chi connectivity index (χ3v) is 4.01. The van der Waals surface area contributed by atoms with E-state index in [1.165, 1.54) is 0 Å². The maximum atomic E-state index is 11.0. The Kier molecular flexibility index (Phi) is 1.76. The molecule has 0 aromatic carbocycles. The minimum atomic E-state index is -2.73. The Morgan fingerprint density at radius 3 is 2.30 bits per heavy atom. The van der Waals surface area contributed by atoms with Crippen molar-refractivity contribution in [3.8, 4) is 0 Å². The van der Waals surface area contributed by atoms with Gasteiger partial charge in [-0.3, -0.25) is 0 Å². The Hall–Kier alpha value is -0.0900. The van der Waals surface area contributed by atoms with E-state index in [9.17, 15) is 8.42 Å². The molecule has 0 aromatic heterocycles. The maximum absolute atomic E-state index is 11.0. The van der Waals surface area contributed by atoms with Crippen molar-refractivity contribution < 1.29 is 8.42 Å². The smallest absolute Gasteiger partial charge is 0.152 e. The van der Waals surface area contributed by atoms with Gasteiger partial charge in [-0.1, -0.05) is 0 Å². The lowest BCUT2D eigenvalue weighted by molar-refractivity contribution is 0.435. The SMILES string of the molecule is CNC1(C)CCS(=O)(=O)C1. The molecule has 1 saturated heterocycles. The number of sulfone groups is 1. The third kappa shape index (κ3) is 1.49. The summed E-state index contributed by atoms with van der Waals surface area (Å²) in [5.74, 6) is 0.626. The van der Waals surface area contributed by atoms with Gasteiger partial charge in [0.25, 0.3) is 0 Å². The van der Waals surface area contributed by atoms with Crippen LogP contribution in [0.25, 0.3) is 0 Å². The van der Waals surface area contributed by atoms with Crippen LogP contribution in [0.5, 0.6) is 0 Å². The molecule has 1 atom stereocenters. The van der Waals surface area contributed by atoms with Crippen LogP contribution in [-0.4, -0.2) is 32.5 Å². The molecule has 10 heavy (non-hydrogen) atoms. The van der Waals surface area contributed by atoms with E-state index in [2.05, 4.69) is 5.32 Å². The summed E-state index contributed by atoms with van der Waals surface area (Å²) in [5, 5.41) is 3.02. The van der Waals surface area contributed by atoms with Crippen molar-refractivity contribution in [2.45, 2.75) is 18.9 Å². The van der Waals surface area contributed by atoms with E-state index in [0.717, 1.165) is 6.42 Å². The summed E-state index contributed by atoms with van der Waals surface area (Å²) >= 11 is 0. The van der Waals surface area contributed by atoms with Gasteiger partial charge >= 0.3 is 0 Å². The summed E-state index contributed by atoms with van der Waals surface area (Å²) in [5.41, 5.74) is -0.168. The van der Waals surface area contributed by atoms with Gasteiger partial charge in [-0.2, -0.15) is 0 Å². The summed E-state index contributed by atoms with van der Waals surface area (Å²) in [6.45, 7) is 1.94. The lowest BCUT2D eigenvalue weighted by atomic mass is 10.0. The van der Waals surface area contributed by atoms with Crippen molar-refractivity contribution >= 4 is 9.84 Å². The first kappa shape index (κ1) is 8.01. The van der Waals surface area contributed by atoms with Crippen molar-refractivity contribution in [1.82, 2.24) is 5.32 Å². The Labute approximate surface area is 61.7 Å². The number of hydrogen-bond donors (Lipinski definition) is 1. The topological polar surface area (TPSA) is 46.2 Å². The van der Waals surface area contributed by atoms with Crippen LogP contribution < -0.4 is 5.32 Å². The Morgan fingerprint density at radius 2 is 2.10 bits per heavy atom. The van der Waals surface area contributed by atoms with E-state index in [1.54, 1.807) is 7.05 Å². The Bertz CT molecular complexity index is 222. The van der Waals surface area contributed by atoms with Gasteiger partial charge in [-0.15, -0.1) is 0 Å². The molecule has 0 amide bonds. The molecule has 1 unspecified atom stereocenters. The number of hydrogen-bond acceptors (Lipinski definition) is 3. The summed E-state index contributed by atoms with van der Waals surface area (Å²) in [6, 6.07) is 0. The molecule has 0 aliphatic carbocycles. The molecule has 1 rings (SSSR count). The molecule has 1 aliphatic rings. The highest BCUT2D eigenvalue weighted by atomic mass is 32.2. The molecular weight excluding hydrogens is 150 g/mol. The van der Waals surface area contributed by atoms with E-state index in [4.69, 9.17) is 0 Å². The first-order valence-corrected chi connectivity index (χ1v) is 5.19. The second-order valence-corrected chi connectivity index (χ2v) is 5.34. The predicted octanol–water partition coefficient (Wildman–Crippen LogP) is -0.217. The fraction of sp³-hybridized carbons (Fsp3) is 1.00. The van der Waals surface area contributed by atoms with E-state index in [0.29, 0.717) is 5.75 Å². The largest absolute Gasteiger partial charge is 0.313 e. The van der Waals surface area contributed by atoms with E-state index in [-0.39, 0.29) is 11.3 Å². The van der Waals surface area contributed by atoms with Crippen LogP contribution in [0.2, 0.25) is 0 Å². The fourth-order valence-corrected chi connectivity index (χ4v) is 3.37. The number of rotatable bonds is 1. The zero-order chi connectivity index (χ0) is 7.83. The minimum absolute atomic E-state index is 0.168. The van der Waals surface area contributed by atoms with Crippen LogP contribution in [0.1, 0.15) is 13.3 Å². The van der Waals surface area contributed by atoms with Gasteiger partial charge in [0.1, 0.15) is 0 Å². The molecule has 1 N–H and O–H groups in total. The fourth-order valence-electron chi connectivity index (χ4n) is 1.21. The molecular formula is C6H13NO2S. The number of nitrogens with one attached hydrogen (secondary N) is 1. The van der Waals surface area contributed by atoms with E-state index < -0.39 is 9.84 Å². The van der Waals surface area contributed by atoms with Crippen molar-refractivity contribution in [2.24, 2.45) is 0 Å². The zero-order valence-corrected chi connectivity index (χ0v) is 7.16. The Morgan fingerprint density at radius 1 is 1.50 bits per heavy atom. The van der Waals surface area contributed by atoms with Gasteiger partial charge in [0, 0.05) is 5.54 Å². The molecule has 4 heteroatoms. The molecule has 0 bridgehead atoms. The van der Waals surface area contributed by atoms with E-state index in [1.807, 2.05) is 6.92 Å². The molecule has 0 spiro atoms. The van der Waals surface area contributed by atoms with Gasteiger partial charge in [-0.25, -0.2) is 8.42 Å². The van der Waals surface area contributed by atoms with Gasteiger partial charge in [0.15, 0.2) is 9.84 Å². The van der Waals surface area contributed by atoms with Gasteiger partial charge in [0.05, 0.1) is 11.5 Å². The van der Waals surface area contributed by atoms with Crippen molar-refractivity contribution in [3.63, 3.8) is 0 Å². The molecule has 1 fully saturated rings. The normalized spacial score (nSPS) is 38.2. The second kappa shape index (κ2) is 2.20. The summed E-state index contributed by atoms with van der Waals surface area (Å²) < 4.78 is 21.9. The highest BCUT2D eigenvalue weighted by Gasteiger charge is 2.36. The van der Waals surface area contributed by atoms with Crippen LogP contribution >= 0.6 is 0 Å². The maximum Gasteiger partial charge on any atom is 0.152 e. The van der Waals surface area contributed by atoms with Gasteiger partial charge < -0.3 is 5.32 Å². The highest BCUT2D eigenvalue weighted by molar-refractivity contribution is 7.91. The lowest BCUT2D eigenvalue weighted by Gasteiger charge is -2.20. The molecule has 0 radical (unpaired) electrons. The first-order valence-electron chi connectivity index (χ1n) is 3.37. The van der Waals surface area contributed by atoms with Gasteiger partial charge in [-0.05, 0) is 20.4 Å². The summed E-state index contributed by atoms with van der Waals surface area (Å²) in [6.07, 6.45) is 0.742. The minimum Gasteiger partial charge on any atom is -0.313 e. The Balaban J connectivity index is 2.76. The zero-order valence-electron chi connectivity index (χ0n) is 6.35. The predicted molar refractivity (Wildman–Crippen MR) is 40.7 cm³/mol. The second-order valence-electron chi connectivity index (χ2n) is 3.15. The molecule has 0 saturated carbocycles. The standard InChI is InChI=1S/C6H13NO2S/c1-6(7-2)3-4-10(8,9)5-6/h7H,3-5H2,1-2H3. The van der Waals surface area contributed by atoms with Crippen molar-refractivity contribution in [3.05, 3.63) is 0 Å². The van der Waals surface area contributed by atoms with Crippen molar-refractivity contribution in [2.75, 3.05) is 18.6 Å².